The Labute approximate surface area is 133 Å². The van der Waals surface area contributed by atoms with Gasteiger partial charge in [0.25, 0.3) is 5.91 Å². The number of aromatic nitrogens is 2. The predicted octanol–water partition coefficient (Wildman–Crippen LogP) is 2.47. The van der Waals surface area contributed by atoms with E-state index < -0.39 is 0 Å². The minimum atomic E-state index is -0.102. The Balaban J connectivity index is 1.63. The summed E-state index contributed by atoms with van der Waals surface area (Å²) in [6.45, 7) is 1.59. The summed E-state index contributed by atoms with van der Waals surface area (Å²) in [5.41, 5.74) is 1.73. The number of furan rings is 1. The molecule has 0 saturated carbocycles. The molecule has 118 valence electrons. The lowest BCUT2D eigenvalue weighted by Gasteiger charge is -2.33. The number of benzene rings is 1. The molecule has 0 saturated heterocycles. The van der Waals surface area contributed by atoms with Gasteiger partial charge in [-0.25, -0.2) is 0 Å². The molecule has 3 aromatic rings. The van der Waals surface area contributed by atoms with Crippen molar-refractivity contribution in [3.05, 3.63) is 54.0 Å². The fraction of sp³-hybridized carbons (Fsp3) is 0.294. The molecule has 6 heteroatoms. The molecule has 0 aliphatic carbocycles. The molecule has 1 aliphatic rings. The second-order valence-corrected chi connectivity index (χ2v) is 5.71. The Hall–Kier alpha value is -2.60. The zero-order valence-electron chi connectivity index (χ0n) is 12.8. The van der Waals surface area contributed by atoms with Gasteiger partial charge in [-0.15, -0.1) is 0 Å². The molecule has 23 heavy (non-hydrogen) atoms. The summed E-state index contributed by atoms with van der Waals surface area (Å²) < 4.78 is 12.9. The van der Waals surface area contributed by atoms with E-state index in [-0.39, 0.29) is 11.9 Å². The van der Waals surface area contributed by atoms with Crippen LogP contribution in [-0.2, 0) is 11.3 Å². The van der Waals surface area contributed by atoms with Crippen molar-refractivity contribution < 1.29 is 13.9 Å². The number of carbonyl (C=O) groups excluding carboxylic acids is 1. The molecule has 0 spiro atoms. The standard InChI is InChI=1S/C17H17N3O3/c1-22-11-14-10-19(9-13-6-7-18-20(13)14)17(21)16-8-12-4-2-3-5-15(12)23-16/h2-8,14H,9-11H2,1H3/t14-/m0/s1. The van der Waals surface area contributed by atoms with Crippen molar-refractivity contribution in [2.75, 3.05) is 20.3 Å². The van der Waals surface area contributed by atoms with Gasteiger partial charge >= 0.3 is 0 Å². The number of rotatable bonds is 3. The minimum Gasteiger partial charge on any atom is -0.451 e. The monoisotopic (exact) mass is 311 g/mol. The van der Waals surface area contributed by atoms with Crippen molar-refractivity contribution in [3.8, 4) is 0 Å². The first-order chi connectivity index (χ1) is 11.3. The normalized spacial score (nSPS) is 17.4. The first-order valence-corrected chi connectivity index (χ1v) is 7.55. The maximum atomic E-state index is 12.8. The van der Waals surface area contributed by atoms with Gasteiger partial charge in [0.2, 0.25) is 0 Å². The maximum Gasteiger partial charge on any atom is 0.290 e. The number of fused-ring (bicyclic) bond motifs is 2. The van der Waals surface area contributed by atoms with Crippen molar-refractivity contribution in [2.45, 2.75) is 12.6 Å². The summed E-state index contributed by atoms with van der Waals surface area (Å²) in [7, 11) is 1.66. The van der Waals surface area contributed by atoms with Crippen LogP contribution in [0.15, 0.2) is 47.0 Å². The zero-order chi connectivity index (χ0) is 15.8. The third-order valence-electron chi connectivity index (χ3n) is 4.16. The highest BCUT2D eigenvalue weighted by molar-refractivity contribution is 5.96. The van der Waals surface area contributed by atoms with Crippen molar-refractivity contribution in [2.24, 2.45) is 0 Å². The topological polar surface area (TPSA) is 60.5 Å². The van der Waals surface area contributed by atoms with Crippen LogP contribution in [0.3, 0.4) is 0 Å². The van der Waals surface area contributed by atoms with E-state index in [1.165, 1.54) is 0 Å². The first-order valence-electron chi connectivity index (χ1n) is 7.55. The van der Waals surface area contributed by atoms with Gasteiger partial charge in [0.15, 0.2) is 5.76 Å². The van der Waals surface area contributed by atoms with Gasteiger partial charge in [0.1, 0.15) is 5.58 Å². The Kier molecular flexibility index (Phi) is 3.38. The fourth-order valence-electron chi connectivity index (χ4n) is 3.10. The summed E-state index contributed by atoms with van der Waals surface area (Å²) in [4.78, 5) is 14.6. The van der Waals surface area contributed by atoms with Crippen LogP contribution in [0, 0.1) is 0 Å². The smallest absolute Gasteiger partial charge is 0.290 e. The summed E-state index contributed by atoms with van der Waals surface area (Å²) in [6.07, 6.45) is 1.76. The highest BCUT2D eigenvalue weighted by Crippen LogP contribution is 2.25. The molecule has 3 heterocycles. The largest absolute Gasteiger partial charge is 0.451 e. The van der Waals surface area contributed by atoms with Crippen LogP contribution < -0.4 is 0 Å². The highest BCUT2D eigenvalue weighted by atomic mass is 16.5. The van der Waals surface area contributed by atoms with Crippen LogP contribution >= 0.6 is 0 Å². The van der Waals surface area contributed by atoms with Crippen LogP contribution in [0.5, 0.6) is 0 Å². The lowest BCUT2D eigenvalue weighted by atomic mass is 10.2. The molecule has 1 aromatic carbocycles. The van der Waals surface area contributed by atoms with Crippen molar-refractivity contribution in [1.29, 1.82) is 0 Å². The van der Waals surface area contributed by atoms with Crippen LogP contribution in [0.1, 0.15) is 22.3 Å². The van der Waals surface area contributed by atoms with Crippen molar-refractivity contribution in [1.82, 2.24) is 14.7 Å². The molecule has 4 rings (SSSR count). The van der Waals surface area contributed by atoms with Gasteiger partial charge < -0.3 is 14.1 Å². The number of nitrogens with zero attached hydrogens (tertiary/aromatic N) is 3. The van der Waals surface area contributed by atoms with Crippen molar-refractivity contribution >= 4 is 16.9 Å². The van der Waals surface area contributed by atoms with Gasteiger partial charge in [0, 0.05) is 25.2 Å². The van der Waals surface area contributed by atoms with E-state index in [4.69, 9.17) is 9.15 Å². The van der Waals surface area contributed by atoms with Crippen LogP contribution in [0.25, 0.3) is 11.0 Å². The fourth-order valence-corrected chi connectivity index (χ4v) is 3.10. The van der Waals surface area contributed by atoms with Gasteiger partial charge in [0.05, 0.1) is 24.9 Å². The number of amides is 1. The number of ether oxygens (including phenoxy) is 1. The number of hydrogen-bond donors (Lipinski definition) is 0. The highest BCUT2D eigenvalue weighted by Gasteiger charge is 2.30. The van der Waals surface area contributed by atoms with E-state index >= 15 is 0 Å². The van der Waals surface area contributed by atoms with E-state index in [0.29, 0.717) is 25.5 Å². The number of para-hydroxylation sites is 1. The maximum absolute atomic E-state index is 12.8. The average molecular weight is 311 g/mol. The summed E-state index contributed by atoms with van der Waals surface area (Å²) in [5.74, 6) is 0.269. The third-order valence-corrected chi connectivity index (χ3v) is 4.16. The van der Waals surface area contributed by atoms with Gasteiger partial charge in [-0.1, -0.05) is 18.2 Å². The molecule has 0 bridgehead atoms. The van der Waals surface area contributed by atoms with E-state index in [2.05, 4.69) is 5.10 Å². The molecule has 0 unspecified atom stereocenters. The lowest BCUT2D eigenvalue weighted by molar-refractivity contribution is 0.0552. The third kappa shape index (κ3) is 2.41. The molecule has 0 fully saturated rings. The van der Waals surface area contributed by atoms with E-state index in [1.54, 1.807) is 24.3 Å². The second-order valence-electron chi connectivity index (χ2n) is 5.71. The molecule has 0 N–H and O–H groups in total. The van der Waals surface area contributed by atoms with E-state index in [9.17, 15) is 4.79 Å². The average Bonchev–Trinajstić information content (AvgIpc) is 3.20. The zero-order valence-corrected chi connectivity index (χ0v) is 12.8. The Morgan fingerprint density at radius 1 is 1.39 bits per heavy atom. The number of carbonyl (C=O) groups is 1. The minimum absolute atomic E-state index is 0.0204. The molecule has 1 amide bonds. The van der Waals surface area contributed by atoms with E-state index in [0.717, 1.165) is 16.7 Å². The number of methoxy groups -OCH3 is 1. The first kappa shape index (κ1) is 14.0. The van der Waals surface area contributed by atoms with Crippen LogP contribution in [0.2, 0.25) is 0 Å². The van der Waals surface area contributed by atoms with Crippen LogP contribution in [-0.4, -0.2) is 40.8 Å². The van der Waals surface area contributed by atoms with Crippen LogP contribution in [0.4, 0.5) is 0 Å². The second kappa shape index (κ2) is 5.55. The Morgan fingerprint density at radius 2 is 2.26 bits per heavy atom. The predicted molar refractivity (Wildman–Crippen MR) is 84.1 cm³/mol. The molecule has 0 radical (unpaired) electrons. The number of hydrogen-bond acceptors (Lipinski definition) is 4. The lowest BCUT2D eigenvalue weighted by Crippen LogP contribution is -2.42. The molecule has 6 nitrogen and oxygen atoms in total. The van der Waals surface area contributed by atoms with Gasteiger partial charge in [-0.05, 0) is 18.2 Å². The van der Waals surface area contributed by atoms with E-state index in [1.807, 2.05) is 35.0 Å². The molecular weight excluding hydrogens is 294 g/mol. The quantitative estimate of drug-likeness (QED) is 0.745. The molecule has 1 atom stereocenters. The summed E-state index contributed by atoms with van der Waals surface area (Å²) >= 11 is 0. The summed E-state index contributed by atoms with van der Waals surface area (Å²) in [6, 6.07) is 11.4. The molecule has 2 aromatic heterocycles. The van der Waals surface area contributed by atoms with Gasteiger partial charge in [-0.3, -0.25) is 9.48 Å². The molecule has 1 aliphatic heterocycles. The Morgan fingerprint density at radius 3 is 3.09 bits per heavy atom. The van der Waals surface area contributed by atoms with Crippen molar-refractivity contribution in [3.63, 3.8) is 0 Å². The Bertz CT molecular complexity index is 819. The summed E-state index contributed by atoms with van der Waals surface area (Å²) in [5, 5.41) is 5.27. The van der Waals surface area contributed by atoms with Gasteiger partial charge in [-0.2, -0.15) is 5.10 Å². The SMILES string of the molecule is COC[C@@H]1CN(C(=O)c2cc3ccccc3o2)Cc2ccnn21. The molecular formula is C17H17N3O3.